The van der Waals surface area contributed by atoms with Crippen LogP contribution in [0.5, 0.6) is 0 Å². The number of azide groups is 1. The summed E-state index contributed by atoms with van der Waals surface area (Å²) in [5.41, 5.74) is 3.87. The summed E-state index contributed by atoms with van der Waals surface area (Å²) < 4.78 is 83.3. The van der Waals surface area contributed by atoms with Gasteiger partial charge in [0.25, 0.3) is 0 Å². The molecule has 0 spiro atoms. The Balaban J connectivity index is 1.93. The lowest BCUT2D eigenvalue weighted by Crippen LogP contribution is -2.43. The van der Waals surface area contributed by atoms with Crippen LogP contribution in [0, 0.1) is 0 Å². The minimum atomic E-state index is -5.98. The standard InChI is InChI=1S/C16H18F3N3O6S/c1-15(2)26-11-10(21-22-20)12(28-29(23,24)16(17,18)19)13(14(11)27-15)25-8-9-6-4-3-5-7-9/h3-7,10-14H,8H2,1-2H3/t10-,11-,12+,13-,14-/m0/s1. The van der Waals surface area contributed by atoms with Gasteiger partial charge in [-0.3, -0.25) is 4.18 Å². The lowest BCUT2D eigenvalue weighted by molar-refractivity contribution is -0.181. The van der Waals surface area contributed by atoms with Gasteiger partial charge in [-0.1, -0.05) is 35.4 Å². The van der Waals surface area contributed by atoms with Crippen LogP contribution < -0.4 is 0 Å². The van der Waals surface area contributed by atoms with Crippen LogP contribution in [0.4, 0.5) is 13.2 Å². The molecule has 1 saturated carbocycles. The molecular formula is C16H18F3N3O6S. The predicted octanol–water partition coefficient (Wildman–Crippen LogP) is 3.02. The highest BCUT2D eigenvalue weighted by Gasteiger charge is 2.63. The Morgan fingerprint density at radius 3 is 2.38 bits per heavy atom. The zero-order valence-corrected chi connectivity index (χ0v) is 16.1. The molecule has 3 rings (SSSR count). The van der Waals surface area contributed by atoms with Crippen LogP contribution in [0.3, 0.4) is 0 Å². The third kappa shape index (κ3) is 4.49. The fraction of sp³-hybridized carbons (Fsp3) is 0.625. The summed E-state index contributed by atoms with van der Waals surface area (Å²) in [7, 11) is -5.98. The van der Waals surface area contributed by atoms with Crippen LogP contribution >= 0.6 is 0 Å². The summed E-state index contributed by atoms with van der Waals surface area (Å²) in [5, 5.41) is 3.42. The maximum atomic E-state index is 12.9. The SMILES string of the molecule is CC1(C)O[C@@H]2[C@@H](OCc3ccccc3)[C@H](OS(=O)(=O)C(F)(F)F)[C@@H](N=[N+]=[N-])[C@@H]2O1. The predicted molar refractivity (Wildman–Crippen MR) is 91.6 cm³/mol. The van der Waals surface area contributed by atoms with E-state index in [1.54, 1.807) is 44.2 Å². The van der Waals surface area contributed by atoms with Crippen LogP contribution in [0.25, 0.3) is 10.4 Å². The van der Waals surface area contributed by atoms with E-state index in [1.165, 1.54) is 0 Å². The van der Waals surface area contributed by atoms with Gasteiger partial charge in [0.2, 0.25) is 0 Å². The molecule has 1 heterocycles. The zero-order valence-electron chi connectivity index (χ0n) is 15.3. The second-order valence-corrected chi connectivity index (χ2v) is 8.55. The number of hydrogen-bond acceptors (Lipinski definition) is 7. The van der Waals surface area contributed by atoms with E-state index < -0.39 is 51.9 Å². The molecule has 1 aliphatic heterocycles. The van der Waals surface area contributed by atoms with Gasteiger partial charge in [-0.05, 0) is 24.9 Å². The highest BCUT2D eigenvalue weighted by Crippen LogP contribution is 2.44. The molecule has 9 nitrogen and oxygen atoms in total. The Kier molecular flexibility index (Phi) is 5.82. The lowest BCUT2D eigenvalue weighted by Gasteiger charge is -2.28. The van der Waals surface area contributed by atoms with Crippen molar-refractivity contribution in [1.29, 1.82) is 0 Å². The summed E-state index contributed by atoms with van der Waals surface area (Å²) in [6, 6.07) is 7.26. The van der Waals surface area contributed by atoms with Crippen molar-refractivity contribution in [1.82, 2.24) is 0 Å². The minimum Gasteiger partial charge on any atom is -0.368 e. The van der Waals surface area contributed by atoms with Crippen LogP contribution in [0.2, 0.25) is 0 Å². The van der Waals surface area contributed by atoms with Gasteiger partial charge in [0.05, 0.1) is 12.6 Å². The van der Waals surface area contributed by atoms with Crippen molar-refractivity contribution < 1.29 is 40.0 Å². The summed E-state index contributed by atoms with van der Waals surface area (Å²) in [6.45, 7) is 3.07. The van der Waals surface area contributed by atoms with Crippen LogP contribution in [0.1, 0.15) is 19.4 Å². The quantitative estimate of drug-likeness (QED) is 0.222. The van der Waals surface area contributed by atoms with E-state index >= 15 is 0 Å². The number of alkyl halides is 3. The third-order valence-electron chi connectivity index (χ3n) is 4.48. The van der Waals surface area contributed by atoms with Gasteiger partial charge >= 0.3 is 15.6 Å². The van der Waals surface area contributed by atoms with Gasteiger partial charge in [0.15, 0.2) is 5.79 Å². The molecular weight excluding hydrogens is 419 g/mol. The monoisotopic (exact) mass is 437 g/mol. The highest BCUT2D eigenvalue weighted by atomic mass is 32.2. The first kappa shape index (κ1) is 21.8. The maximum Gasteiger partial charge on any atom is 0.523 e. The van der Waals surface area contributed by atoms with Crippen molar-refractivity contribution in [2.24, 2.45) is 5.11 Å². The molecule has 2 aliphatic rings. The molecule has 1 aromatic rings. The molecule has 29 heavy (non-hydrogen) atoms. The Labute approximate surface area is 164 Å². The lowest BCUT2D eigenvalue weighted by atomic mass is 10.2. The smallest absolute Gasteiger partial charge is 0.368 e. The molecule has 5 atom stereocenters. The zero-order chi connectivity index (χ0) is 21.4. The number of rotatable bonds is 6. The van der Waals surface area contributed by atoms with Gasteiger partial charge in [0, 0.05) is 4.91 Å². The Bertz CT molecular complexity index is 889. The number of nitrogens with zero attached hydrogens (tertiary/aromatic N) is 3. The largest absolute Gasteiger partial charge is 0.523 e. The fourth-order valence-electron chi connectivity index (χ4n) is 3.36. The normalized spacial score (nSPS) is 31.3. The van der Waals surface area contributed by atoms with E-state index in [0.29, 0.717) is 5.56 Å². The first-order valence-electron chi connectivity index (χ1n) is 8.50. The third-order valence-corrected chi connectivity index (χ3v) is 5.52. The van der Waals surface area contributed by atoms with Crippen LogP contribution in [-0.4, -0.2) is 50.2 Å². The van der Waals surface area contributed by atoms with Crippen LogP contribution in [-0.2, 0) is 35.1 Å². The van der Waals surface area contributed by atoms with Gasteiger partial charge in [-0.15, -0.1) is 0 Å². The number of benzene rings is 1. The van der Waals surface area contributed by atoms with Gasteiger partial charge < -0.3 is 14.2 Å². The summed E-state index contributed by atoms with van der Waals surface area (Å²) in [5.74, 6) is -1.14. The molecule has 1 aromatic carbocycles. The summed E-state index contributed by atoms with van der Waals surface area (Å²) in [6.07, 6.45) is -5.13. The average Bonchev–Trinajstić information content (AvgIpc) is 3.05. The Hall–Kier alpha value is -1.89. The second kappa shape index (κ2) is 7.74. The molecule has 0 unspecified atom stereocenters. The molecule has 0 bridgehead atoms. The second-order valence-electron chi connectivity index (χ2n) is 6.98. The molecule has 1 saturated heterocycles. The van der Waals surface area contributed by atoms with E-state index in [4.69, 9.17) is 19.7 Å². The first-order valence-corrected chi connectivity index (χ1v) is 9.91. The van der Waals surface area contributed by atoms with E-state index in [-0.39, 0.29) is 6.61 Å². The number of halogens is 3. The van der Waals surface area contributed by atoms with Crippen molar-refractivity contribution in [2.45, 2.75) is 62.2 Å². The minimum absolute atomic E-state index is 0.0621. The molecule has 0 aromatic heterocycles. The molecule has 1 aliphatic carbocycles. The first-order chi connectivity index (χ1) is 13.5. The fourth-order valence-corrected chi connectivity index (χ4v) is 3.99. The van der Waals surface area contributed by atoms with E-state index in [9.17, 15) is 21.6 Å². The number of fused-ring (bicyclic) bond motifs is 1. The Morgan fingerprint density at radius 1 is 1.17 bits per heavy atom. The summed E-state index contributed by atoms with van der Waals surface area (Å²) in [4.78, 5) is 2.60. The molecule has 160 valence electrons. The van der Waals surface area contributed by atoms with E-state index in [0.717, 1.165) is 0 Å². The topological polar surface area (TPSA) is 120 Å². The van der Waals surface area contributed by atoms with Gasteiger partial charge in [-0.25, -0.2) is 0 Å². The molecule has 0 amide bonds. The summed E-state index contributed by atoms with van der Waals surface area (Å²) >= 11 is 0. The highest BCUT2D eigenvalue weighted by molar-refractivity contribution is 7.87. The number of ether oxygens (including phenoxy) is 3. The maximum absolute atomic E-state index is 12.9. The molecule has 2 fully saturated rings. The molecule has 0 N–H and O–H groups in total. The van der Waals surface area contributed by atoms with Gasteiger partial charge in [0.1, 0.15) is 24.4 Å². The van der Waals surface area contributed by atoms with Crippen LogP contribution in [0.15, 0.2) is 35.4 Å². The van der Waals surface area contributed by atoms with Crippen molar-refractivity contribution in [3.63, 3.8) is 0 Å². The van der Waals surface area contributed by atoms with E-state index in [1.807, 2.05) is 0 Å². The molecule has 13 heteroatoms. The molecule has 0 radical (unpaired) electrons. The van der Waals surface area contributed by atoms with Crippen molar-refractivity contribution in [3.05, 3.63) is 46.3 Å². The van der Waals surface area contributed by atoms with Crippen molar-refractivity contribution in [3.8, 4) is 0 Å². The van der Waals surface area contributed by atoms with E-state index in [2.05, 4.69) is 14.2 Å². The number of hydrogen-bond donors (Lipinski definition) is 0. The van der Waals surface area contributed by atoms with Gasteiger partial charge in [-0.2, -0.15) is 21.6 Å². The van der Waals surface area contributed by atoms with Crippen molar-refractivity contribution in [2.75, 3.05) is 0 Å². The Morgan fingerprint density at radius 2 is 1.79 bits per heavy atom. The van der Waals surface area contributed by atoms with Crippen molar-refractivity contribution >= 4 is 10.1 Å². The average molecular weight is 437 g/mol.